The molecule has 0 heterocycles. The topological polar surface area (TPSA) is 92.4 Å². The number of hydrogen-bond acceptors (Lipinski definition) is 2. The number of carbonyl (C=O) groups is 2. The summed E-state index contributed by atoms with van der Waals surface area (Å²) in [6.45, 7) is 0. The number of urea groups is 1. The Labute approximate surface area is 88.0 Å². The molecule has 6 heteroatoms. The van der Waals surface area contributed by atoms with E-state index in [4.69, 9.17) is 10.8 Å². The highest BCUT2D eigenvalue weighted by Gasteiger charge is 2.07. The average molecular weight is 259 g/mol. The number of nitrogens with two attached hydrogens (primary N) is 1. The van der Waals surface area contributed by atoms with Crippen LogP contribution in [0.2, 0.25) is 0 Å². The van der Waals surface area contributed by atoms with Crippen molar-refractivity contribution in [3.63, 3.8) is 0 Å². The second kappa shape index (κ2) is 4.10. The molecular formula is C8H7BrN2O3. The van der Waals surface area contributed by atoms with Gasteiger partial charge in [0, 0.05) is 4.47 Å². The number of carbonyl (C=O) groups excluding carboxylic acids is 1. The Morgan fingerprint density at radius 3 is 2.50 bits per heavy atom. The van der Waals surface area contributed by atoms with Crippen LogP contribution in [0.1, 0.15) is 10.4 Å². The SMILES string of the molecule is NC(=O)Nc1ccc(C(=O)O)cc1Br. The zero-order chi connectivity index (χ0) is 10.7. The maximum absolute atomic E-state index is 10.6. The van der Waals surface area contributed by atoms with E-state index >= 15 is 0 Å². The fourth-order valence-electron chi connectivity index (χ4n) is 0.882. The summed E-state index contributed by atoms with van der Waals surface area (Å²) in [6, 6.07) is 3.51. The molecule has 4 N–H and O–H groups in total. The molecular weight excluding hydrogens is 252 g/mol. The predicted molar refractivity (Wildman–Crippen MR) is 54.3 cm³/mol. The van der Waals surface area contributed by atoms with Gasteiger partial charge < -0.3 is 16.2 Å². The molecule has 0 atom stereocenters. The molecule has 0 fully saturated rings. The maximum Gasteiger partial charge on any atom is 0.335 e. The number of nitrogens with one attached hydrogen (secondary N) is 1. The Balaban J connectivity index is 3.01. The van der Waals surface area contributed by atoms with E-state index in [9.17, 15) is 9.59 Å². The third-order valence-corrected chi connectivity index (χ3v) is 2.13. The smallest absolute Gasteiger partial charge is 0.335 e. The molecule has 0 unspecified atom stereocenters. The van der Waals surface area contributed by atoms with Gasteiger partial charge in [-0.05, 0) is 34.1 Å². The van der Waals surface area contributed by atoms with Crippen molar-refractivity contribution < 1.29 is 14.7 Å². The molecule has 1 aromatic carbocycles. The molecule has 1 aromatic rings. The predicted octanol–water partition coefficient (Wildman–Crippen LogP) is 1.64. The number of carboxylic acid groups (broad SMARTS) is 1. The van der Waals surface area contributed by atoms with Crippen molar-refractivity contribution in [1.29, 1.82) is 0 Å². The molecule has 5 nitrogen and oxygen atoms in total. The highest BCUT2D eigenvalue weighted by atomic mass is 79.9. The summed E-state index contributed by atoms with van der Waals surface area (Å²) in [5, 5.41) is 11.0. The van der Waals surface area contributed by atoms with Crippen molar-refractivity contribution in [2.45, 2.75) is 0 Å². The Morgan fingerprint density at radius 2 is 2.07 bits per heavy atom. The van der Waals surface area contributed by atoms with E-state index in [1.165, 1.54) is 18.2 Å². The summed E-state index contributed by atoms with van der Waals surface area (Å²) in [5.74, 6) is -1.03. The van der Waals surface area contributed by atoms with Gasteiger partial charge in [-0.1, -0.05) is 0 Å². The average Bonchev–Trinajstić information content (AvgIpc) is 2.07. The van der Waals surface area contributed by atoms with Gasteiger partial charge in [0.25, 0.3) is 0 Å². The van der Waals surface area contributed by atoms with E-state index < -0.39 is 12.0 Å². The van der Waals surface area contributed by atoms with Crippen LogP contribution in [0.3, 0.4) is 0 Å². The molecule has 0 saturated heterocycles. The largest absolute Gasteiger partial charge is 0.478 e. The minimum atomic E-state index is -1.03. The number of anilines is 1. The minimum Gasteiger partial charge on any atom is -0.478 e. The number of rotatable bonds is 2. The van der Waals surface area contributed by atoms with Crippen LogP contribution in [0.5, 0.6) is 0 Å². The fourth-order valence-corrected chi connectivity index (χ4v) is 1.36. The van der Waals surface area contributed by atoms with Crippen LogP contribution in [0.15, 0.2) is 22.7 Å². The van der Waals surface area contributed by atoms with E-state index in [1.54, 1.807) is 0 Å². The Morgan fingerprint density at radius 1 is 1.43 bits per heavy atom. The van der Waals surface area contributed by atoms with Gasteiger partial charge in [0.2, 0.25) is 0 Å². The van der Waals surface area contributed by atoms with Crippen LogP contribution in [0, 0.1) is 0 Å². The normalized spacial score (nSPS) is 9.50. The molecule has 0 aromatic heterocycles. The van der Waals surface area contributed by atoms with Gasteiger partial charge in [0.15, 0.2) is 0 Å². The van der Waals surface area contributed by atoms with Gasteiger partial charge in [-0.25, -0.2) is 9.59 Å². The van der Waals surface area contributed by atoms with Crippen LogP contribution >= 0.6 is 15.9 Å². The molecule has 1 rings (SSSR count). The highest BCUT2D eigenvalue weighted by Crippen LogP contribution is 2.23. The third kappa shape index (κ3) is 2.46. The van der Waals surface area contributed by atoms with E-state index in [0.29, 0.717) is 10.2 Å². The molecule has 0 aliphatic heterocycles. The summed E-state index contributed by atoms with van der Waals surface area (Å²) in [7, 11) is 0. The number of hydrogen-bond donors (Lipinski definition) is 3. The summed E-state index contributed by atoms with van der Waals surface area (Å²) < 4.78 is 0.469. The number of primary amides is 1. The molecule has 0 saturated carbocycles. The molecule has 0 radical (unpaired) electrons. The molecule has 2 amide bonds. The second-order valence-electron chi connectivity index (χ2n) is 2.49. The number of benzene rings is 1. The first-order valence-corrected chi connectivity index (χ1v) is 4.39. The molecule has 0 aliphatic rings. The van der Waals surface area contributed by atoms with Crippen molar-refractivity contribution in [2.24, 2.45) is 5.73 Å². The monoisotopic (exact) mass is 258 g/mol. The first-order chi connectivity index (χ1) is 6.50. The van der Waals surface area contributed by atoms with E-state index in [1.807, 2.05) is 0 Å². The summed E-state index contributed by atoms with van der Waals surface area (Å²) in [6.07, 6.45) is 0. The van der Waals surface area contributed by atoms with Gasteiger partial charge in [-0.2, -0.15) is 0 Å². The molecule has 0 spiro atoms. The second-order valence-corrected chi connectivity index (χ2v) is 3.34. The van der Waals surface area contributed by atoms with Gasteiger partial charge >= 0.3 is 12.0 Å². The number of halogens is 1. The van der Waals surface area contributed by atoms with Crippen LogP contribution in [-0.4, -0.2) is 17.1 Å². The highest BCUT2D eigenvalue weighted by molar-refractivity contribution is 9.10. The van der Waals surface area contributed by atoms with E-state index in [-0.39, 0.29) is 5.56 Å². The van der Waals surface area contributed by atoms with Crippen molar-refractivity contribution in [2.75, 3.05) is 5.32 Å². The minimum absolute atomic E-state index is 0.131. The summed E-state index contributed by atoms with van der Waals surface area (Å²) in [4.78, 5) is 21.1. The molecule has 0 aliphatic carbocycles. The number of aromatic carboxylic acids is 1. The standard InChI is InChI=1S/C8H7BrN2O3/c9-5-3-4(7(12)13)1-2-6(5)11-8(10)14/h1-3H,(H,12,13)(H3,10,11,14). The third-order valence-electron chi connectivity index (χ3n) is 1.47. The van der Waals surface area contributed by atoms with E-state index in [0.717, 1.165) is 0 Å². The van der Waals surface area contributed by atoms with Crippen molar-refractivity contribution in [3.8, 4) is 0 Å². The lowest BCUT2D eigenvalue weighted by Crippen LogP contribution is -2.19. The summed E-state index contributed by atoms with van der Waals surface area (Å²) >= 11 is 3.11. The van der Waals surface area contributed by atoms with Crippen LogP contribution in [0.25, 0.3) is 0 Å². The zero-order valence-electron chi connectivity index (χ0n) is 6.95. The summed E-state index contributed by atoms with van der Waals surface area (Å²) in [5.41, 5.74) is 5.47. The van der Waals surface area contributed by atoms with Gasteiger partial charge in [0.1, 0.15) is 0 Å². The van der Waals surface area contributed by atoms with Crippen LogP contribution < -0.4 is 11.1 Å². The van der Waals surface area contributed by atoms with Crippen molar-refractivity contribution in [3.05, 3.63) is 28.2 Å². The fraction of sp³-hybridized carbons (Fsp3) is 0. The lowest BCUT2D eigenvalue weighted by molar-refractivity contribution is 0.0697. The van der Waals surface area contributed by atoms with Crippen LogP contribution in [0.4, 0.5) is 10.5 Å². The number of carboxylic acids is 1. The Kier molecular flexibility index (Phi) is 3.08. The van der Waals surface area contributed by atoms with Crippen LogP contribution in [-0.2, 0) is 0 Å². The van der Waals surface area contributed by atoms with Crippen molar-refractivity contribution >= 4 is 33.6 Å². The van der Waals surface area contributed by atoms with E-state index in [2.05, 4.69) is 21.2 Å². The Bertz CT molecular complexity index is 392. The quantitative estimate of drug-likeness (QED) is 0.753. The van der Waals surface area contributed by atoms with Gasteiger partial charge in [0.05, 0.1) is 11.3 Å². The van der Waals surface area contributed by atoms with Crippen molar-refractivity contribution in [1.82, 2.24) is 0 Å². The lowest BCUT2D eigenvalue weighted by Gasteiger charge is -2.04. The zero-order valence-corrected chi connectivity index (χ0v) is 8.54. The molecule has 74 valence electrons. The molecule has 0 bridgehead atoms. The Hall–Kier alpha value is -1.56. The maximum atomic E-state index is 10.6. The van der Waals surface area contributed by atoms with Gasteiger partial charge in [-0.15, -0.1) is 0 Å². The number of amides is 2. The lowest BCUT2D eigenvalue weighted by atomic mass is 10.2. The first-order valence-electron chi connectivity index (χ1n) is 3.60. The van der Waals surface area contributed by atoms with Gasteiger partial charge in [-0.3, -0.25) is 0 Å². The first kappa shape index (κ1) is 10.5. The molecule has 14 heavy (non-hydrogen) atoms.